The number of carbonyl (C=O) groups is 1. The predicted octanol–water partition coefficient (Wildman–Crippen LogP) is 5.22. The van der Waals surface area contributed by atoms with Gasteiger partial charge in [0, 0.05) is 16.1 Å². The maximum atomic E-state index is 12.9. The van der Waals surface area contributed by atoms with Gasteiger partial charge < -0.3 is 9.73 Å². The van der Waals surface area contributed by atoms with Gasteiger partial charge in [-0.1, -0.05) is 60.1 Å². The molecule has 144 valence electrons. The number of aromatic nitrogens is 2. The third-order valence-corrected chi connectivity index (χ3v) is 4.83. The number of amides is 1. The highest BCUT2D eigenvalue weighted by molar-refractivity contribution is 6.30. The van der Waals surface area contributed by atoms with Crippen LogP contribution in [0.15, 0.2) is 83.3 Å². The van der Waals surface area contributed by atoms with E-state index in [1.165, 1.54) is 0 Å². The molecule has 0 spiro atoms. The predicted molar refractivity (Wildman–Crippen MR) is 112 cm³/mol. The molecule has 3 aromatic carbocycles. The summed E-state index contributed by atoms with van der Waals surface area (Å²) in [6.45, 7) is 1.90. The van der Waals surface area contributed by atoms with Crippen molar-refractivity contribution in [2.45, 2.75) is 13.0 Å². The zero-order chi connectivity index (χ0) is 20.2. The fraction of sp³-hybridized carbons (Fsp3) is 0.0870. The number of aryl methyl sites for hydroxylation is 1. The minimum atomic E-state index is -0.572. The van der Waals surface area contributed by atoms with Crippen LogP contribution in [-0.4, -0.2) is 16.1 Å². The van der Waals surface area contributed by atoms with E-state index in [-0.39, 0.29) is 5.91 Å². The lowest BCUT2D eigenvalue weighted by Crippen LogP contribution is -2.30. The Labute approximate surface area is 173 Å². The molecule has 6 heteroatoms. The van der Waals surface area contributed by atoms with E-state index in [1.54, 1.807) is 18.2 Å². The van der Waals surface area contributed by atoms with Crippen LogP contribution in [0.25, 0.3) is 11.5 Å². The van der Waals surface area contributed by atoms with Gasteiger partial charge in [0.15, 0.2) is 0 Å². The zero-order valence-electron chi connectivity index (χ0n) is 15.7. The van der Waals surface area contributed by atoms with Crippen LogP contribution in [0.1, 0.15) is 33.4 Å². The first kappa shape index (κ1) is 18.9. The number of nitrogens with one attached hydrogen (secondary N) is 1. The highest BCUT2D eigenvalue weighted by Gasteiger charge is 2.24. The Bertz CT molecular complexity index is 1120. The Balaban J connectivity index is 1.68. The lowest BCUT2D eigenvalue weighted by molar-refractivity contribution is 0.0937. The second kappa shape index (κ2) is 8.29. The number of hydrogen-bond donors (Lipinski definition) is 1. The molecule has 0 bridgehead atoms. The van der Waals surface area contributed by atoms with Gasteiger partial charge in [-0.05, 0) is 48.4 Å². The summed E-state index contributed by atoms with van der Waals surface area (Å²) in [6, 6.07) is 23.5. The number of hydrogen-bond acceptors (Lipinski definition) is 4. The van der Waals surface area contributed by atoms with Crippen molar-refractivity contribution in [2.24, 2.45) is 0 Å². The third-order valence-electron chi connectivity index (χ3n) is 4.58. The zero-order valence-corrected chi connectivity index (χ0v) is 16.4. The fourth-order valence-electron chi connectivity index (χ4n) is 3.03. The molecule has 1 aromatic heterocycles. The summed E-state index contributed by atoms with van der Waals surface area (Å²) in [7, 11) is 0. The van der Waals surface area contributed by atoms with Crippen LogP contribution in [0, 0.1) is 6.92 Å². The van der Waals surface area contributed by atoms with Gasteiger partial charge in [0.05, 0.1) is 0 Å². The first-order valence-electron chi connectivity index (χ1n) is 9.12. The monoisotopic (exact) mass is 403 g/mol. The molecule has 4 aromatic rings. The van der Waals surface area contributed by atoms with E-state index in [9.17, 15) is 4.79 Å². The maximum Gasteiger partial charge on any atom is 0.252 e. The quantitative estimate of drug-likeness (QED) is 0.496. The molecule has 1 atom stereocenters. The minimum absolute atomic E-state index is 0.205. The van der Waals surface area contributed by atoms with Crippen LogP contribution in [0.2, 0.25) is 5.02 Å². The number of nitrogens with zero attached hydrogens (tertiary/aromatic N) is 2. The van der Waals surface area contributed by atoms with Crippen molar-refractivity contribution in [3.8, 4) is 11.5 Å². The first-order chi connectivity index (χ1) is 14.1. The van der Waals surface area contributed by atoms with Gasteiger partial charge in [-0.25, -0.2) is 0 Å². The second-order valence-electron chi connectivity index (χ2n) is 6.58. The van der Waals surface area contributed by atoms with E-state index in [1.807, 2.05) is 67.6 Å². The molecule has 0 fully saturated rings. The maximum absolute atomic E-state index is 12.9. The molecule has 29 heavy (non-hydrogen) atoms. The second-order valence-corrected chi connectivity index (χ2v) is 7.02. The molecule has 0 aliphatic heterocycles. The summed E-state index contributed by atoms with van der Waals surface area (Å²) < 4.78 is 5.91. The summed E-state index contributed by atoms with van der Waals surface area (Å²) >= 11 is 5.95. The molecule has 4 rings (SSSR count). The minimum Gasteiger partial charge on any atom is -0.418 e. The van der Waals surface area contributed by atoms with E-state index in [0.29, 0.717) is 22.4 Å². The van der Waals surface area contributed by atoms with Crippen LogP contribution in [0.5, 0.6) is 0 Å². The molecule has 0 saturated heterocycles. The van der Waals surface area contributed by atoms with E-state index < -0.39 is 6.04 Å². The molecule has 5 nitrogen and oxygen atoms in total. The summed E-state index contributed by atoms with van der Waals surface area (Å²) in [5.41, 5.74) is 3.10. The van der Waals surface area contributed by atoms with Gasteiger partial charge in [-0.3, -0.25) is 4.79 Å². The SMILES string of the molecule is Cc1ccccc1C(=O)NC(c1ccccc1)c1nnc(-c2ccc(Cl)cc2)o1. The molecule has 0 radical (unpaired) electrons. The summed E-state index contributed by atoms with van der Waals surface area (Å²) in [5, 5.41) is 12.0. The van der Waals surface area contributed by atoms with E-state index in [4.69, 9.17) is 16.0 Å². The highest BCUT2D eigenvalue weighted by Crippen LogP contribution is 2.26. The third kappa shape index (κ3) is 4.20. The van der Waals surface area contributed by atoms with Crippen LogP contribution in [0.3, 0.4) is 0 Å². The number of benzene rings is 3. The van der Waals surface area contributed by atoms with Gasteiger partial charge in [-0.2, -0.15) is 0 Å². The van der Waals surface area contributed by atoms with Crippen molar-refractivity contribution in [2.75, 3.05) is 0 Å². The Morgan fingerprint density at radius 1 is 0.931 bits per heavy atom. The van der Waals surface area contributed by atoms with Gasteiger partial charge in [0.2, 0.25) is 11.8 Å². The molecular weight excluding hydrogens is 386 g/mol. The molecule has 1 heterocycles. The lowest BCUT2D eigenvalue weighted by atomic mass is 10.0. The summed E-state index contributed by atoms with van der Waals surface area (Å²) in [5.74, 6) is 0.467. The summed E-state index contributed by atoms with van der Waals surface area (Å²) in [4.78, 5) is 12.9. The van der Waals surface area contributed by atoms with Gasteiger partial charge in [-0.15, -0.1) is 10.2 Å². The van der Waals surface area contributed by atoms with E-state index >= 15 is 0 Å². The van der Waals surface area contributed by atoms with Gasteiger partial charge in [0.1, 0.15) is 6.04 Å². The smallest absolute Gasteiger partial charge is 0.252 e. The van der Waals surface area contributed by atoms with Crippen LogP contribution in [-0.2, 0) is 0 Å². The van der Waals surface area contributed by atoms with Crippen LogP contribution >= 0.6 is 11.6 Å². The average molecular weight is 404 g/mol. The molecule has 1 amide bonds. The molecule has 0 aliphatic rings. The van der Waals surface area contributed by atoms with Crippen LogP contribution in [0.4, 0.5) is 0 Å². The van der Waals surface area contributed by atoms with Crippen molar-refractivity contribution >= 4 is 17.5 Å². The number of carbonyl (C=O) groups excluding carboxylic acids is 1. The Kier molecular flexibility index (Phi) is 5.40. The van der Waals surface area contributed by atoms with Gasteiger partial charge >= 0.3 is 0 Å². The number of rotatable bonds is 5. The standard InChI is InChI=1S/C23H18ClN3O2/c1-15-7-5-6-10-19(15)21(28)25-20(16-8-3-2-4-9-16)23-27-26-22(29-23)17-11-13-18(24)14-12-17/h2-14,20H,1H3,(H,25,28). The summed E-state index contributed by atoms with van der Waals surface area (Å²) in [6.07, 6.45) is 0. The molecule has 0 aliphatic carbocycles. The van der Waals surface area contributed by atoms with Crippen molar-refractivity contribution < 1.29 is 9.21 Å². The Morgan fingerprint density at radius 3 is 2.34 bits per heavy atom. The Morgan fingerprint density at radius 2 is 1.62 bits per heavy atom. The van der Waals surface area contributed by atoms with Crippen molar-refractivity contribution in [3.05, 3.63) is 106 Å². The van der Waals surface area contributed by atoms with Crippen LogP contribution < -0.4 is 5.32 Å². The first-order valence-corrected chi connectivity index (χ1v) is 9.50. The lowest BCUT2D eigenvalue weighted by Gasteiger charge is -2.16. The van der Waals surface area contributed by atoms with Crippen molar-refractivity contribution in [1.82, 2.24) is 15.5 Å². The highest BCUT2D eigenvalue weighted by atomic mass is 35.5. The fourth-order valence-corrected chi connectivity index (χ4v) is 3.16. The van der Waals surface area contributed by atoms with E-state index in [2.05, 4.69) is 15.5 Å². The molecule has 1 N–H and O–H groups in total. The Hall–Kier alpha value is -3.44. The van der Waals surface area contributed by atoms with Crippen molar-refractivity contribution in [1.29, 1.82) is 0 Å². The topological polar surface area (TPSA) is 68.0 Å². The normalized spacial score (nSPS) is 11.8. The van der Waals surface area contributed by atoms with Crippen molar-refractivity contribution in [3.63, 3.8) is 0 Å². The average Bonchev–Trinajstić information content (AvgIpc) is 3.23. The molecular formula is C23H18ClN3O2. The largest absolute Gasteiger partial charge is 0.418 e. The van der Waals surface area contributed by atoms with Gasteiger partial charge in [0.25, 0.3) is 5.91 Å². The molecule has 0 saturated carbocycles. The number of halogens is 1. The van der Waals surface area contributed by atoms with E-state index in [0.717, 1.165) is 16.7 Å². The molecule has 1 unspecified atom stereocenters.